The van der Waals surface area contributed by atoms with Crippen LogP contribution in [0.2, 0.25) is 0 Å². The number of thiazole rings is 1. The van der Waals surface area contributed by atoms with Crippen LogP contribution in [0.4, 0.5) is 0 Å². The average Bonchev–Trinajstić information content (AvgIpc) is 3.13. The lowest BCUT2D eigenvalue weighted by molar-refractivity contribution is 0.0600. The number of methoxy groups -OCH3 is 1. The minimum Gasteiger partial charge on any atom is -0.465 e. The predicted octanol–water partition coefficient (Wildman–Crippen LogP) is 3.58. The Morgan fingerprint density at radius 1 is 1.26 bits per heavy atom. The molecule has 0 saturated heterocycles. The van der Waals surface area contributed by atoms with Gasteiger partial charge in [0, 0.05) is 19.0 Å². The molecule has 2 rings (SSSR count). The van der Waals surface area contributed by atoms with Crippen molar-refractivity contribution in [2.75, 3.05) is 20.7 Å². The topological polar surface area (TPSA) is 75.6 Å². The van der Waals surface area contributed by atoms with Crippen LogP contribution < -0.4 is 10.6 Å². The molecule has 0 saturated carbocycles. The van der Waals surface area contributed by atoms with E-state index in [0.29, 0.717) is 18.0 Å². The van der Waals surface area contributed by atoms with Crippen LogP contribution in [0.5, 0.6) is 0 Å². The maximum atomic E-state index is 11.4. The summed E-state index contributed by atoms with van der Waals surface area (Å²) in [5, 5.41) is 9.73. The van der Waals surface area contributed by atoms with Crippen LogP contribution in [0.15, 0.2) is 34.6 Å². The van der Waals surface area contributed by atoms with Crippen LogP contribution in [-0.2, 0) is 17.7 Å². The fourth-order valence-electron chi connectivity index (χ4n) is 2.30. The third-order valence-corrected chi connectivity index (χ3v) is 4.74. The second-order valence-electron chi connectivity index (χ2n) is 6.11. The summed E-state index contributed by atoms with van der Waals surface area (Å²) in [4.78, 5) is 20.3. The number of esters is 1. The SMILES string of the molecule is CN=C(NCCc1ccc(C(=O)OC)cc1)NCc1nc(C(C)C)cs1.I. The summed E-state index contributed by atoms with van der Waals surface area (Å²) in [6.45, 7) is 5.69. The van der Waals surface area contributed by atoms with E-state index in [2.05, 4.69) is 39.8 Å². The first-order valence-corrected chi connectivity index (χ1v) is 9.47. The van der Waals surface area contributed by atoms with Crippen molar-refractivity contribution in [1.82, 2.24) is 15.6 Å². The summed E-state index contributed by atoms with van der Waals surface area (Å²) in [5.41, 5.74) is 2.83. The van der Waals surface area contributed by atoms with Gasteiger partial charge in [0.2, 0.25) is 0 Å². The maximum absolute atomic E-state index is 11.4. The molecule has 0 aliphatic carbocycles. The van der Waals surface area contributed by atoms with Gasteiger partial charge >= 0.3 is 5.97 Å². The monoisotopic (exact) mass is 502 g/mol. The second-order valence-corrected chi connectivity index (χ2v) is 7.05. The highest BCUT2D eigenvalue weighted by molar-refractivity contribution is 14.0. The second kappa shape index (κ2) is 11.9. The summed E-state index contributed by atoms with van der Waals surface area (Å²) in [6.07, 6.45) is 0.830. The highest BCUT2D eigenvalue weighted by Crippen LogP contribution is 2.17. The number of hydrogen-bond acceptors (Lipinski definition) is 5. The van der Waals surface area contributed by atoms with Gasteiger partial charge < -0.3 is 15.4 Å². The number of carbonyl (C=O) groups excluding carboxylic acids is 1. The molecule has 0 atom stereocenters. The Labute approximate surface area is 181 Å². The van der Waals surface area contributed by atoms with Crippen LogP contribution in [0.1, 0.15) is 46.4 Å². The number of carbonyl (C=O) groups is 1. The predicted molar refractivity (Wildman–Crippen MR) is 121 cm³/mol. The molecule has 2 N–H and O–H groups in total. The zero-order valence-corrected chi connectivity index (χ0v) is 19.3. The van der Waals surface area contributed by atoms with Crippen molar-refractivity contribution >= 4 is 47.2 Å². The van der Waals surface area contributed by atoms with Gasteiger partial charge in [0.25, 0.3) is 0 Å². The fraction of sp³-hybridized carbons (Fsp3) is 0.421. The first-order valence-electron chi connectivity index (χ1n) is 8.59. The fourth-order valence-corrected chi connectivity index (χ4v) is 3.20. The zero-order valence-electron chi connectivity index (χ0n) is 16.1. The number of hydrogen-bond donors (Lipinski definition) is 2. The van der Waals surface area contributed by atoms with E-state index < -0.39 is 0 Å². The van der Waals surface area contributed by atoms with Crippen LogP contribution in [0.25, 0.3) is 0 Å². The van der Waals surface area contributed by atoms with Gasteiger partial charge in [-0.3, -0.25) is 4.99 Å². The van der Waals surface area contributed by atoms with Crippen molar-refractivity contribution in [3.05, 3.63) is 51.5 Å². The number of guanidine groups is 1. The standard InChI is InChI=1S/C19H26N4O2S.HI/c1-13(2)16-12-26-17(23-16)11-22-19(20-3)21-10-9-14-5-7-15(8-6-14)18(24)25-4;/h5-8,12-13H,9-11H2,1-4H3,(H2,20,21,22);1H. The van der Waals surface area contributed by atoms with Gasteiger partial charge in [0.05, 0.1) is 24.9 Å². The summed E-state index contributed by atoms with van der Waals surface area (Å²) < 4.78 is 4.70. The van der Waals surface area contributed by atoms with Gasteiger partial charge in [-0.15, -0.1) is 35.3 Å². The summed E-state index contributed by atoms with van der Waals surface area (Å²) >= 11 is 1.66. The lowest BCUT2D eigenvalue weighted by atomic mass is 10.1. The minimum atomic E-state index is -0.318. The molecule has 1 heterocycles. The van der Waals surface area contributed by atoms with E-state index in [9.17, 15) is 4.79 Å². The number of ether oxygens (including phenoxy) is 1. The van der Waals surface area contributed by atoms with E-state index in [1.807, 2.05) is 12.1 Å². The number of aliphatic imine (C=N–C) groups is 1. The van der Waals surface area contributed by atoms with E-state index >= 15 is 0 Å². The molecule has 0 bridgehead atoms. The number of rotatable bonds is 7. The smallest absolute Gasteiger partial charge is 0.337 e. The van der Waals surface area contributed by atoms with Crippen LogP contribution in [0.3, 0.4) is 0 Å². The summed E-state index contributed by atoms with van der Waals surface area (Å²) in [6, 6.07) is 7.44. The quantitative estimate of drug-likeness (QED) is 0.262. The van der Waals surface area contributed by atoms with E-state index in [0.717, 1.165) is 35.2 Å². The maximum Gasteiger partial charge on any atom is 0.337 e. The Balaban J connectivity index is 0.00000364. The summed E-state index contributed by atoms with van der Waals surface area (Å²) in [7, 11) is 3.13. The van der Waals surface area contributed by atoms with Gasteiger partial charge in [-0.2, -0.15) is 0 Å². The molecule has 1 aromatic heterocycles. The zero-order chi connectivity index (χ0) is 18.9. The van der Waals surface area contributed by atoms with Gasteiger partial charge in [-0.05, 0) is 30.0 Å². The van der Waals surface area contributed by atoms with E-state index in [-0.39, 0.29) is 29.9 Å². The first kappa shape index (κ1) is 23.4. The molecule has 27 heavy (non-hydrogen) atoms. The molecular formula is C19H27IN4O2S. The van der Waals surface area contributed by atoms with Crippen molar-refractivity contribution in [3.8, 4) is 0 Å². The van der Waals surface area contributed by atoms with Gasteiger partial charge in [0.15, 0.2) is 5.96 Å². The number of aromatic nitrogens is 1. The third-order valence-electron chi connectivity index (χ3n) is 3.87. The van der Waals surface area contributed by atoms with Crippen molar-refractivity contribution in [1.29, 1.82) is 0 Å². The molecule has 0 radical (unpaired) electrons. The molecular weight excluding hydrogens is 475 g/mol. The molecule has 0 aliphatic heterocycles. The third kappa shape index (κ3) is 7.45. The Hall–Kier alpha value is -1.68. The first-order chi connectivity index (χ1) is 12.5. The Kier molecular flexibility index (Phi) is 10.3. The number of nitrogens with one attached hydrogen (secondary N) is 2. The van der Waals surface area contributed by atoms with Crippen molar-refractivity contribution in [3.63, 3.8) is 0 Å². The lowest BCUT2D eigenvalue weighted by Crippen LogP contribution is -2.37. The molecule has 0 spiro atoms. The lowest BCUT2D eigenvalue weighted by Gasteiger charge is -2.11. The Morgan fingerprint density at radius 3 is 2.52 bits per heavy atom. The number of benzene rings is 1. The largest absolute Gasteiger partial charge is 0.465 e. The molecule has 0 amide bonds. The molecule has 8 heteroatoms. The molecule has 0 fully saturated rings. The Bertz CT molecular complexity index is 744. The molecule has 6 nitrogen and oxygen atoms in total. The summed E-state index contributed by atoms with van der Waals surface area (Å²) in [5.74, 6) is 0.877. The van der Waals surface area contributed by atoms with Crippen LogP contribution in [-0.4, -0.2) is 37.6 Å². The highest BCUT2D eigenvalue weighted by atomic mass is 127. The van der Waals surface area contributed by atoms with Gasteiger partial charge in [-0.1, -0.05) is 26.0 Å². The van der Waals surface area contributed by atoms with Crippen LogP contribution in [0, 0.1) is 0 Å². The van der Waals surface area contributed by atoms with Crippen molar-refractivity contribution < 1.29 is 9.53 Å². The number of halogens is 1. The van der Waals surface area contributed by atoms with E-state index in [1.54, 1.807) is 30.5 Å². The average molecular weight is 502 g/mol. The number of nitrogens with zero attached hydrogens (tertiary/aromatic N) is 2. The van der Waals surface area contributed by atoms with Gasteiger partial charge in [-0.25, -0.2) is 9.78 Å². The Morgan fingerprint density at radius 2 is 1.96 bits per heavy atom. The van der Waals surface area contributed by atoms with Crippen molar-refractivity contribution in [2.45, 2.75) is 32.7 Å². The minimum absolute atomic E-state index is 0. The highest BCUT2D eigenvalue weighted by Gasteiger charge is 2.07. The normalized spacial score (nSPS) is 11.1. The van der Waals surface area contributed by atoms with Crippen molar-refractivity contribution in [2.24, 2.45) is 4.99 Å². The molecule has 0 unspecified atom stereocenters. The molecule has 0 aliphatic rings. The van der Waals surface area contributed by atoms with Crippen LogP contribution >= 0.6 is 35.3 Å². The van der Waals surface area contributed by atoms with Gasteiger partial charge in [0.1, 0.15) is 5.01 Å². The molecule has 1 aromatic carbocycles. The van der Waals surface area contributed by atoms with E-state index in [4.69, 9.17) is 4.74 Å². The molecule has 148 valence electrons. The van der Waals surface area contributed by atoms with E-state index in [1.165, 1.54) is 7.11 Å². The molecule has 2 aromatic rings.